The third kappa shape index (κ3) is 5.22. The zero-order chi connectivity index (χ0) is 47.7. The Morgan fingerprint density at radius 3 is 2.06 bits per heavy atom. The lowest BCUT2D eigenvalue weighted by Gasteiger charge is -2.43. The van der Waals surface area contributed by atoms with E-state index in [-0.39, 0.29) is 28.5 Å². The molecule has 342 valence electrons. The first-order valence-corrected chi connectivity index (χ1v) is 26.4. The molecular formula is C65H57BN2OS. The van der Waals surface area contributed by atoms with Gasteiger partial charge in [-0.1, -0.05) is 135 Å². The Kier molecular flexibility index (Phi) is 7.80. The van der Waals surface area contributed by atoms with Crippen LogP contribution in [0.2, 0.25) is 0 Å². The van der Waals surface area contributed by atoms with E-state index in [4.69, 9.17) is 4.74 Å². The zero-order valence-electron chi connectivity index (χ0n) is 42.0. The molecule has 8 aromatic carbocycles. The Labute approximate surface area is 415 Å². The van der Waals surface area contributed by atoms with Crippen molar-refractivity contribution in [1.29, 1.82) is 0 Å². The van der Waals surface area contributed by atoms with Crippen LogP contribution < -0.4 is 20.5 Å². The number of aryl methyl sites for hydroxylation is 1. The predicted molar refractivity (Wildman–Crippen MR) is 299 cm³/mol. The van der Waals surface area contributed by atoms with E-state index in [0.29, 0.717) is 6.61 Å². The monoisotopic (exact) mass is 924 g/mol. The van der Waals surface area contributed by atoms with Crippen LogP contribution in [0.4, 0.5) is 11.4 Å². The van der Waals surface area contributed by atoms with E-state index in [0.717, 1.165) is 5.75 Å². The summed E-state index contributed by atoms with van der Waals surface area (Å²) in [5, 5.41) is 5.37. The van der Waals surface area contributed by atoms with Crippen LogP contribution in [-0.4, -0.2) is 11.4 Å². The minimum atomic E-state index is -0.163. The fourth-order valence-corrected chi connectivity index (χ4v) is 15.2. The van der Waals surface area contributed by atoms with Gasteiger partial charge in [0, 0.05) is 70.6 Å². The average Bonchev–Trinajstić information content (AvgIpc) is 3.95. The standard InChI is InChI=1S/C65H57BN2OS/c1-35-25-46-42-30-57-45(44-27-50-51(32-58(44)70-57)64(7,8)24-23-63(50,5)6)29-54(42)68(38-21-19-37(20-22-38)62(2,3)4)66-52-28-41-40-17-13-14-18-48(40)65(9,10)49(41)31-55(52)67-53-33-56-43(26-47(53)59(35)61(67)60(46)66)39-16-12-11-15-36(39)34-69-56/h11-22,25-33H,23-24,34H2,1-10H3. The van der Waals surface area contributed by atoms with Crippen LogP contribution in [0.3, 0.4) is 0 Å². The highest BCUT2D eigenvalue weighted by atomic mass is 32.1. The van der Waals surface area contributed by atoms with Crippen LogP contribution in [-0.2, 0) is 28.3 Å². The van der Waals surface area contributed by atoms with Crippen molar-refractivity contribution in [3.63, 3.8) is 0 Å². The van der Waals surface area contributed by atoms with Crippen molar-refractivity contribution in [2.75, 3.05) is 4.81 Å². The second kappa shape index (κ2) is 13.2. The molecule has 3 nitrogen and oxygen atoms in total. The lowest BCUT2D eigenvalue weighted by atomic mass is 9.43. The highest BCUT2D eigenvalue weighted by Gasteiger charge is 2.47. The maximum absolute atomic E-state index is 6.70. The summed E-state index contributed by atoms with van der Waals surface area (Å²) in [6, 6.07) is 50.4. The van der Waals surface area contributed by atoms with Crippen molar-refractivity contribution < 1.29 is 4.74 Å². The third-order valence-electron chi connectivity index (χ3n) is 18.0. The number of ether oxygens (including phenoxy) is 1. The smallest absolute Gasteiger partial charge is 0.333 e. The van der Waals surface area contributed by atoms with Gasteiger partial charge >= 0.3 is 6.85 Å². The normalized spacial score (nSPS) is 17.2. The zero-order valence-corrected chi connectivity index (χ0v) is 42.9. The fraction of sp³-hybridized carbons (Fsp3) is 0.262. The molecule has 0 N–H and O–H groups in total. The van der Waals surface area contributed by atoms with Gasteiger partial charge in [0.1, 0.15) is 12.4 Å². The molecule has 0 radical (unpaired) electrons. The lowest BCUT2D eigenvalue weighted by Crippen LogP contribution is -2.60. The number of aromatic nitrogens is 1. The molecule has 2 aromatic heterocycles. The summed E-state index contributed by atoms with van der Waals surface area (Å²) < 4.78 is 12.1. The molecule has 5 heteroatoms. The largest absolute Gasteiger partial charge is 0.488 e. The van der Waals surface area contributed by atoms with E-state index in [9.17, 15) is 0 Å². The molecular weight excluding hydrogens is 868 g/mol. The molecule has 0 unspecified atom stereocenters. The quantitative estimate of drug-likeness (QED) is 0.153. The van der Waals surface area contributed by atoms with E-state index in [1.54, 1.807) is 0 Å². The van der Waals surface area contributed by atoms with Gasteiger partial charge in [0.25, 0.3) is 0 Å². The molecule has 0 saturated carbocycles. The summed E-state index contributed by atoms with van der Waals surface area (Å²) in [5.41, 5.74) is 26.7. The van der Waals surface area contributed by atoms with Crippen molar-refractivity contribution in [3.05, 3.63) is 166 Å². The highest BCUT2D eigenvalue weighted by Crippen LogP contribution is 2.55. The summed E-state index contributed by atoms with van der Waals surface area (Å²) in [6.45, 7) is 24.5. The molecule has 0 fully saturated rings. The summed E-state index contributed by atoms with van der Waals surface area (Å²) in [6.07, 6.45) is 2.41. The average molecular weight is 925 g/mol. The number of benzene rings is 8. The van der Waals surface area contributed by atoms with Crippen LogP contribution >= 0.6 is 11.3 Å². The van der Waals surface area contributed by atoms with E-state index < -0.39 is 0 Å². The first-order valence-electron chi connectivity index (χ1n) is 25.6. The maximum atomic E-state index is 6.70. The predicted octanol–water partition coefficient (Wildman–Crippen LogP) is 16.2. The van der Waals surface area contributed by atoms with Crippen LogP contribution in [0.15, 0.2) is 127 Å². The Hall–Kier alpha value is -6.56. The van der Waals surface area contributed by atoms with Crippen molar-refractivity contribution >= 4 is 82.5 Å². The Morgan fingerprint density at radius 1 is 0.586 bits per heavy atom. The van der Waals surface area contributed by atoms with Gasteiger partial charge in [-0.05, 0) is 157 Å². The van der Waals surface area contributed by atoms with E-state index in [2.05, 4.69) is 206 Å². The van der Waals surface area contributed by atoms with Gasteiger partial charge in [0.2, 0.25) is 0 Å². The lowest BCUT2D eigenvalue weighted by molar-refractivity contribution is 0.302. The first-order chi connectivity index (χ1) is 33.5. The number of rotatable bonds is 1. The van der Waals surface area contributed by atoms with Gasteiger partial charge in [-0.3, -0.25) is 0 Å². The molecule has 3 aliphatic heterocycles. The SMILES string of the molecule is Cc1cc2c3c4c1c1cc5c(cc1n4-c1cc4c(cc1B3N(c1ccc(C(C)(C)C)cc1)c1cc3c(cc1-2)sc1cc2c(cc13)C(C)(C)CCC2(C)C)-c1ccccc1C4(C)C)OCc1ccccc1-5. The molecule has 5 heterocycles. The second-order valence-electron chi connectivity index (χ2n) is 24.4. The summed E-state index contributed by atoms with van der Waals surface area (Å²) in [4.78, 5) is 2.75. The van der Waals surface area contributed by atoms with Gasteiger partial charge in [0.15, 0.2) is 0 Å². The van der Waals surface area contributed by atoms with E-state index in [1.807, 2.05) is 11.3 Å². The number of fused-ring (bicyclic) bond motifs is 18. The van der Waals surface area contributed by atoms with Crippen LogP contribution in [0, 0.1) is 6.92 Å². The molecule has 0 amide bonds. The van der Waals surface area contributed by atoms with Gasteiger partial charge in [-0.25, -0.2) is 0 Å². The molecule has 0 atom stereocenters. The Bertz CT molecular complexity index is 4040. The Morgan fingerprint density at radius 2 is 1.29 bits per heavy atom. The maximum Gasteiger partial charge on any atom is 0.333 e. The van der Waals surface area contributed by atoms with Crippen molar-refractivity contribution in [1.82, 2.24) is 4.57 Å². The second-order valence-corrected chi connectivity index (χ2v) is 25.4. The molecule has 70 heavy (non-hydrogen) atoms. The van der Waals surface area contributed by atoms with Gasteiger partial charge in [0.05, 0.1) is 11.0 Å². The third-order valence-corrected chi connectivity index (χ3v) is 19.1. The van der Waals surface area contributed by atoms with Crippen LogP contribution in [0.5, 0.6) is 5.75 Å². The highest BCUT2D eigenvalue weighted by molar-refractivity contribution is 7.25. The summed E-state index contributed by atoms with van der Waals surface area (Å²) >= 11 is 1.98. The minimum absolute atomic E-state index is 0.0282. The van der Waals surface area contributed by atoms with Crippen LogP contribution in [0.25, 0.3) is 81.0 Å². The van der Waals surface area contributed by atoms with Crippen molar-refractivity contribution in [2.24, 2.45) is 0 Å². The molecule has 0 bridgehead atoms. The number of thiophene rings is 1. The Balaban J connectivity index is 1.10. The topological polar surface area (TPSA) is 17.4 Å². The summed E-state index contributed by atoms with van der Waals surface area (Å²) in [7, 11) is 0. The van der Waals surface area contributed by atoms with E-state index >= 15 is 0 Å². The summed E-state index contributed by atoms with van der Waals surface area (Å²) in [5.74, 6) is 0.959. The van der Waals surface area contributed by atoms with Crippen LogP contribution in [0.1, 0.15) is 114 Å². The van der Waals surface area contributed by atoms with E-state index in [1.165, 1.54) is 155 Å². The molecule has 10 aromatic rings. The molecule has 0 spiro atoms. The molecule has 0 saturated heterocycles. The van der Waals surface area contributed by atoms with Gasteiger partial charge in [-0.2, -0.15) is 0 Å². The van der Waals surface area contributed by atoms with Crippen molar-refractivity contribution in [2.45, 2.75) is 110 Å². The number of hydrogen-bond acceptors (Lipinski definition) is 3. The van der Waals surface area contributed by atoms with Gasteiger partial charge < -0.3 is 14.1 Å². The first kappa shape index (κ1) is 41.2. The number of anilines is 2. The van der Waals surface area contributed by atoms with Gasteiger partial charge in [-0.15, -0.1) is 11.3 Å². The van der Waals surface area contributed by atoms with Crippen molar-refractivity contribution in [3.8, 4) is 44.8 Å². The number of nitrogens with zero attached hydrogens (tertiary/aromatic N) is 2. The number of hydrogen-bond donors (Lipinski definition) is 0. The minimum Gasteiger partial charge on any atom is -0.488 e. The molecule has 2 aliphatic carbocycles. The fourth-order valence-electron chi connectivity index (χ4n) is 14.0. The molecule has 5 aliphatic rings. The molecule has 15 rings (SSSR count).